The van der Waals surface area contributed by atoms with Crippen molar-refractivity contribution in [1.29, 1.82) is 0 Å². The van der Waals surface area contributed by atoms with Gasteiger partial charge in [0.15, 0.2) is 5.58 Å². The van der Waals surface area contributed by atoms with Gasteiger partial charge in [0, 0.05) is 36.5 Å². The minimum atomic E-state index is -0.321. The van der Waals surface area contributed by atoms with Crippen molar-refractivity contribution in [3.05, 3.63) is 47.9 Å². The summed E-state index contributed by atoms with van der Waals surface area (Å²) in [5, 5.41) is 15.2. The van der Waals surface area contributed by atoms with E-state index in [0.717, 1.165) is 48.4 Å². The van der Waals surface area contributed by atoms with Crippen molar-refractivity contribution < 1.29 is 18.8 Å². The highest BCUT2D eigenvalue weighted by Gasteiger charge is 2.26. The fraction of sp³-hybridized carbons (Fsp3) is 0.316. The summed E-state index contributed by atoms with van der Waals surface area (Å²) in [6, 6.07) is 9.79. The van der Waals surface area contributed by atoms with Gasteiger partial charge in [-0.2, -0.15) is 0 Å². The maximum atomic E-state index is 13.3. The van der Waals surface area contributed by atoms with E-state index in [2.05, 4.69) is 10.1 Å². The standard InChI is InChI=1S/C19H19FN2O3/c1-24-14-3-5-17(23)16(11-14)22-8-6-12(7-9-22)19-15-4-2-13(20)10-18(15)25-21-19/h2-5,10-12,23H,6-9H2,1H3. The zero-order valence-electron chi connectivity index (χ0n) is 13.9. The number of benzene rings is 2. The predicted octanol–water partition coefficient (Wildman–Crippen LogP) is 4.07. The molecule has 1 aromatic heterocycles. The fourth-order valence-corrected chi connectivity index (χ4v) is 3.50. The maximum Gasteiger partial charge on any atom is 0.170 e. The largest absolute Gasteiger partial charge is 0.506 e. The Balaban J connectivity index is 1.53. The summed E-state index contributed by atoms with van der Waals surface area (Å²) < 4.78 is 23.8. The summed E-state index contributed by atoms with van der Waals surface area (Å²) in [5.74, 6) is 0.912. The summed E-state index contributed by atoms with van der Waals surface area (Å²) in [5.41, 5.74) is 2.16. The molecule has 6 heteroatoms. The lowest BCUT2D eigenvalue weighted by molar-refractivity contribution is 0.407. The van der Waals surface area contributed by atoms with E-state index in [1.807, 2.05) is 6.07 Å². The molecule has 130 valence electrons. The van der Waals surface area contributed by atoms with E-state index >= 15 is 0 Å². The maximum absolute atomic E-state index is 13.3. The van der Waals surface area contributed by atoms with Gasteiger partial charge in [-0.25, -0.2) is 4.39 Å². The SMILES string of the molecule is COc1ccc(O)c(N2CCC(c3noc4cc(F)ccc34)CC2)c1. The zero-order valence-corrected chi connectivity index (χ0v) is 13.9. The minimum absolute atomic E-state index is 0.251. The van der Waals surface area contributed by atoms with Gasteiger partial charge in [0.25, 0.3) is 0 Å². The molecule has 1 fully saturated rings. The van der Waals surface area contributed by atoms with Gasteiger partial charge < -0.3 is 19.3 Å². The lowest BCUT2D eigenvalue weighted by atomic mass is 9.91. The molecule has 0 bridgehead atoms. The smallest absolute Gasteiger partial charge is 0.170 e. The molecule has 1 aliphatic rings. The van der Waals surface area contributed by atoms with Crippen molar-refractivity contribution in [3.63, 3.8) is 0 Å². The number of methoxy groups -OCH3 is 1. The van der Waals surface area contributed by atoms with Crippen LogP contribution in [0.4, 0.5) is 10.1 Å². The molecule has 1 N–H and O–H groups in total. The first kappa shape index (κ1) is 15.7. The Morgan fingerprint density at radius 1 is 1.20 bits per heavy atom. The van der Waals surface area contributed by atoms with Crippen LogP contribution in [0.2, 0.25) is 0 Å². The summed E-state index contributed by atoms with van der Waals surface area (Å²) in [6.07, 6.45) is 1.77. The number of aromatic nitrogens is 1. The molecule has 0 atom stereocenters. The van der Waals surface area contributed by atoms with E-state index in [-0.39, 0.29) is 17.5 Å². The number of fused-ring (bicyclic) bond motifs is 1. The molecule has 2 heterocycles. The van der Waals surface area contributed by atoms with Crippen LogP contribution in [0.5, 0.6) is 11.5 Å². The Hall–Kier alpha value is -2.76. The second kappa shape index (κ2) is 6.27. The van der Waals surface area contributed by atoms with Crippen LogP contribution in [0.1, 0.15) is 24.5 Å². The minimum Gasteiger partial charge on any atom is -0.506 e. The normalized spacial score (nSPS) is 15.7. The summed E-state index contributed by atoms with van der Waals surface area (Å²) in [7, 11) is 1.61. The molecule has 3 aromatic rings. The zero-order chi connectivity index (χ0) is 17.4. The Labute approximate surface area is 144 Å². The number of phenols is 1. The van der Waals surface area contributed by atoms with E-state index in [1.165, 1.54) is 12.1 Å². The number of hydrogen-bond donors (Lipinski definition) is 1. The Morgan fingerprint density at radius 3 is 2.76 bits per heavy atom. The van der Waals surface area contributed by atoms with Gasteiger partial charge in [0.1, 0.15) is 17.3 Å². The number of phenolic OH excluding ortho intramolecular Hbond substituents is 1. The van der Waals surface area contributed by atoms with Crippen molar-refractivity contribution in [2.24, 2.45) is 0 Å². The summed E-state index contributed by atoms with van der Waals surface area (Å²) in [6.45, 7) is 1.59. The molecule has 1 saturated heterocycles. The van der Waals surface area contributed by atoms with Crippen LogP contribution in [0.15, 0.2) is 40.9 Å². The van der Waals surface area contributed by atoms with Gasteiger partial charge >= 0.3 is 0 Å². The van der Waals surface area contributed by atoms with E-state index in [1.54, 1.807) is 25.3 Å². The van der Waals surface area contributed by atoms with Crippen LogP contribution in [0, 0.1) is 5.82 Å². The number of anilines is 1. The number of hydrogen-bond acceptors (Lipinski definition) is 5. The Kier molecular flexibility index (Phi) is 3.95. The molecular weight excluding hydrogens is 323 g/mol. The monoisotopic (exact) mass is 342 g/mol. The van der Waals surface area contributed by atoms with Crippen molar-refractivity contribution >= 4 is 16.7 Å². The number of aromatic hydroxyl groups is 1. The second-order valence-corrected chi connectivity index (χ2v) is 6.32. The van der Waals surface area contributed by atoms with E-state index in [0.29, 0.717) is 5.58 Å². The molecule has 0 amide bonds. The second-order valence-electron chi connectivity index (χ2n) is 6.32. The van der Waals surface area contributed by atoms with Crippen LogP contribution >= 0.6 is 0 Å². The van der Waals surface area contributed by atoms with E-state index < -0.39 is 0 Å². The fourth-order valence-electron chi connectivity index (χ4n) is 3.50. The molecule has 0 saturated carbocycles. The third kappa shape index (κ3) is 2.88. The van der Waals surface area contributed by atoms with Crippen molar-refractivity contribution in [1.82, 2.24) is 5.16 Å². The molecule has 0 aliphatic carbocycles. The first-order chi connectivity index (χ1) is 12.2. The van der Waals surface area contributed by atoms with Gasteiger partial charge in [-0.15, -0.1) is 0 Å². The quantitative estimate of drug-likeness (QED) is 0.778. The molecule has 25 heavy (non-hydrogen) atoms. The number of ether oxygens (including phenoxy) is 1. The van der Waals surface area contributed by atoms with Crippen LogP contribution < -0.4 is 9.64 Å². The summed E-state index contributed by atoms with van der Waals surface area (Å²) in [4.78, 5) is 2.15. The van der Waals surface area contributed by atoms with Crippen molar-refractivity contribution in [2.75, 3.05) is 25.1 Å². The number of rotatable bonds is 3. The topological polar surface area (TPSA) is 58.7 Å². The highest BCUT2D eigenvalue weighted by Crippen LogP contribution is 2.37. The average Bonchev–Trinajstić information content (AvgIpc) is 3.05. The molecule has 0 spiro atoms. The Morgan fingerprint density at radius 2 is 2.00 bits per heavy atom. The molecule has 4 rings (SSSR count). The number of piperidine rings is 1. The van der Waals surface area contributed by atoms with Gasteiger partial charge in [-0.3, -0.25) is 0 Å². The van der Waals surface area contributed by atoms with Gasteiger partial charge in [-0.1, -0.05) is 5.16 Å². The third-order valence-corrected chi connectivity index (χ3v) is 4.87. The molecule has 5 nitrogen and oxygen atoms in total. The lowest BCUT2D eigenvalue weighted by Gasteiger charge is -2.33. The van der Waals surface area contributed by atoms with Gasteiger partial charge in [-0.05, 0) is 37.1 Å². The first-order valence-electron chi connectivity index (χ1n) is 8.32. The van der Waals surface area contributed by atoms with Crippen LogP contribution in [-0.4, -0.2) is 30.5 Å². The molecular formula is C19H19FN2O3. The van der Waals surface area contributed by atoms with E-state index in [4.69, 9.17) is 9.26 Å². The van der Waals surface area contributed by atoms with Crippen LogP contribution in [0.25, 0.3) is 11.0 Å². The predicted molar refractivity (Wildman–Crippen MR) is 92.8 cm³/mol. The molecule has 0 unspecified atom stereocenters. The highest BCUT2D eigenvalue weighted by molar-refractivity contribution is 5.80. The van der Waals surface area contributed by atoms with Crippen LogP contribution in [0.3, 0.4) is 0 Å². The Bertz CT molecular complexity index is 901. The number of halogens is 1. The van der Waals surface area contributed by atoms with Gasteiger partial charge in [0.05, 0.1) is 18.5 Å². The third-order valence-electron chi connectivity index (χ3n) is 4.87. The molecule has 1 aliphatic heterocycles. The highest BCUT2D eigenvalue weighted by atomic mass is 19.1. The molecule has 2 aromatic carbocycles. The van der Waals surface area contributed by atoms with Crippen molar-refractivity contribution in [2.45, 2.75) is 18.8 Å². The van der Waals surface area contributed by atoms with Crippen molar-refractivity contribution in [3.8, 4) is 11.5 Å². The number of nitrogens with zero attached hydrogens (tertiary/aromatic N) is 2. The first-order valence-corrected chi connectivity index (χ1v) is 8.32. The van der Waals surface area contributed by atoms with E-state index in [9.17, 15) is 9.50 Å². The van der Waals surface area contributed by atoms with Crippen LogP contribution in [-0.2, 0) is 0 Å². The lowest BCUT2D eigenvalue weighted by Crippen LogP contribution is -2.33. The summed E-state index contributed by atoms with van der Waals surface area (Å²) >= 11 is 0. The molecule has 0 radical (unpaired) electrons. The average molecular weight is 342 g/mol. The van der Waals surface area contributed by atoms with Gasteiger partial charge in [0.2, 0.25) is 0 Å².